The average molecular weight is 397 g/mol. The molecule has 3 aromatic rings. The van der Waals surface area contributed by atoms with Crippen LogP contribution in [0, 0.1) is 6.92 Å². The van der Waals surface area contributed by atoms with E-state index >= 15 is 0 Å². The van der Waals surface area contributed by atoms with Crippen molar-refractivity contribution in [2.45, 2.75) is 29.2 Å². The zero-order chi connectivity index (χ0) is 18.8. The minimum absolute atomic E-state index is 0.158. The Balaban J connectivity index is 1.65. The van der Waals surface area contributed by atoms with E-state index in [0.29, 0.717) is 0 Å². The van der Waals surface area contributed by atoms with Crippen molar-refractivity contribution in [2.24, 2.45) is 0 Å². The Hall–Kier alpha value is -2.24. The number of hydrogen-bond acceptors (Lipinski definition) is 5. The summed E-state index contributed by atoms with van der Waals surface area (Å²) in [6, 6.07) is 16.5. The number of halogens is 1. The van der Waals surface area contributed by atoms with E-state index in [1.807, 2.05) is 31.3 Å². The Morgan fingerprint density at radius 3 is 2.81 bits per heavy atom. The van der Waals surface area contributed by atoms with E-state index in [4.69, 9.17) is 11.6 Å². The molecule has 1 aromatic heterocycles. The minimum Gasteiger partial charge on any atom is -0.377 e. The van der Waals surface area contributed by atoms with Crippen molar-refractivity contribution < 1.29 is 0 Å². The van der Waals surface area contributed by atoms with Gasteiger partial charge in [0.15, 0.2) is 0 Å². The number of nitrogens with one attached hydrogen (secondary N) is 1. The smallest absolute Gasteiger partial charge is 0.137 e. The van der Waals surface area contributed by atoms with Gasteiger partial charge >= 0.3 is 0 Å². The Morgan fingerprint density at radius 2 is 2.00 bits per heavy atom. The molecule has 0 amide bonds. The topological polar surface area (TPSA) is 41.1 Å². The normalized spacial score (nSPS) is 16.1. The summed E-state index contributed by atoms with van der Waals surface area (Å²) in [5.74, 6) is 1.80. The summed E-state index contributed by atoms with van der Waals surface area (Å²) in [5, 5.41) is 4.42. The van der Waals surface area contributed by atoms with Gasteiger partial charge in [-0.25, -0.2) is 9.97 Å². The summed E-state index contributed by atoms with van der Waals surface area (Å²) in [6.45, 7) is 2.87. The molecule has 0 radical (unpaired) electrons. The third-order valence-corrected chi connectivity index (χ3v) is 5.97. The van der Waals surface area contributed by atoms with Gasteiger partial charge in [0.25, 0.3) is 0 Å². The van der Waals surface area contributed by atoms with Gasteiger partial charge in [-0.2, -0.15) is 0 Å². The van der Waals surface area contributed by atoms with Crippen LogP contribution in [0.2, 0.25) is 5.02 Å². The molecule has 1 aliphatic heterocycles. The van der Waals surface area contributed by atoms with Crippen molar-refractivity contribution in [2.75, 3.05) is 23.8 Å². The molecular formula is C21H21ClN4S. The maximum absolute atomic E-state index is 6.30. The van der Waals surface area contributed by atoms with Crippen molar-refractivity contribution in [3.8, 4) is 0 Å². The zero-order valence-corrected chi connectivity index (χ0v) is 16.9. The SMILES string of the molecule is Cc1ncc2c(n1)N(C)CCC2Nc1cc(Cl)ccc1Sc1ccccc1. The molecule has 0 aliphatic carbocycles. The fourth-order valence-electron chi connectivity index (χ4n) is 3.26. The fourth-order valence-corrected chi connectivity index (χ4v) is 4.34. The van der Waals surface area contributed by atoms with Crippen LogP contribution < -0.4 is 10.2 Å². The summed E-state index contributed by atoms with van der Waals surface area (Å²) >= 11 is 8.03. The van der Waals surface area contributed by atoms with Gasteiger partial charge in [-0.3, -0.25) is 0 Å². The monoisotopic (exact) mass is 396 g/mol. The molecule has 1 aliphatic rings. The molecule has 2 aromatic carbocycles. The van der Waals surface area contributed by atoms with Crippen LogP contribution >= 0.6 is 23.4 Å². The predicted molar refractivity (Wildman–Crippen MR) is 113 cm³/mol. The summed E-state index contributed by atoms with van der Waals surface area (Å²) in [6.07, 6.45) is 2.93. The quantitative estimate of drug-likeness (QED) is 0.623. The average Bonchev–Trinajstić information content (AvgIpc) is 2.67. The van der Waals surface area contributed by atoms with Gasteiger partial charge in [0.1, 0.15) is 11.6 Å². The maximum Gasteiger partial charge on any atom is 0.137 e. The van der Waals surface area contributed by atoms with Gasteiger partial charge < -0.3 is 10.2 Å². The molecule has 0 spiro atoms. The Bertz CT molecular complexity index is 948. The van der Waals surface area contributed by atoms with Crippen molar-refractivity contribution in [3.05, 3.63) is 71.1 Å². The van der Waals surface area contributed by atoms with Crippen molar-refractivity contribution >= 4 is 34.9 Å². The summed E-state index contributed by atoms with van der Waals surface area (Å²) in [5.41, 5.74) is 2.17. The first-order valence-electron chi connectivity index (χ1n) is 8.94. The molecule has 1 atom stereocenters. The Labute approximate surface area is 169 Å². The summed E-state index contributed by atoms with van der Waals surface area (Å²) in [4.78, 5) is 13.6. The Kier molecular flexibility index (Phi) is 5.23. The van der Waals surface area contributed by atoms with Crippen LogP contribution in [-0.2, 0) is 0 Å². The second-order valence-electron chi connectivity index (χ2n) is 6.66. The van der Waals surface area contributed by atoms with Gasteiger partial charge in [0.2, 0.25) is 0 Å². The number of aromatic nitrogens is 2. The first-order chi connectivity index (χ1) is 13.1. The van der Waals surface area contributed by atoms with Crippen LogP contribution in [0.3, 0.4) is 0 Å². The molecule has 0 fully saturated rings. The molecule has 27 heavy (non-hydrogen) atoms. The molecule has 4 nitrogen and oxygen atoms in total. The molecule has 1 N–H and O–H groups in total. The van der Waals surface area contributed by atoms with Crippen molar-refractivity contribution in [1.82, 2.24) is 9.97 Å². The number of anilines is 2. The number of hydrogen-bond donors (Lipinski definition) is 1. The molecule has 4 rings (SSSR count). The van der Waals surface area contributed by atoms with Gasteiger partial charge in [0, 0.05) is 40.2 Å². The van der Waals surface area contributed by atoms with E-state index in [0.717, 1.165) is 45.8 Å². The third kappa shape index (κ3) is 4.04. The lowest BCUT2D eigenvalue weighted by molar-refractivity contribution is 0.631. The number of fused-ring (bicyclic) bond motifs is 1. The maximum atomic E-state index is 6.30. The van der Waals surface area contributed by atoms with E-state index in [1.54, 1.807) is 11.8 Å². The molecular weight excluding hydrogens is 376 g/mol. The fraction of sp³-hybridized carbons (Fsp3) is 0.238. The van der Waals surface area contributed by atoms with E-state index in [-0.39, 0.29) is 6.04 Å². The van der Waals surface area contributed by atoms with Crippen molar-refractivity contribution in [1.29, 1.82) is 0 Å². The van der Waals surface area contributed by atoms with Crippen LogP contribution in [0.5, 0.6) is 0 Å². The van der Waals surface area contributed by atoms with Gasteiger partial charge in [-0.1, -0.05) is 41.6 Å². The van der Waals surface area contributed by atoms with Crippen LogP contribution in [0.1, 0.15) is 23.9 Å². The largest absolute Gasteiger partial charge is 0.377 e. The van der Waals surface area contributed by atoms with E-state index < -0.39 is 0 Å². The van der Waals surface area contributed by atoms with Gasteiger partial charge in [-0.15, -0.1) is 0 Å². The molecule has 138 valence electrons. The van der Waals surface area contributed by atoms with Crippen LogP contribution in [0.15, 0.2) is 64.5 Å². The highest BCUT2D eigenvalue weighted by atomic mass is 35.5. The Morgan fingerprint density at radius 1 is 1.19 bits per heavy atom. The summed E-state index contributed by atoms with van der Waals surface area (Å²) < 4.78 is 0. The third-order valence-electron chi connectivity index (χ3n) is 4.65. The molecule has 0 saturated carbocycles. The highest BCUT2D eigenvalue weighted by molar-refractivity contribution is 7.99. The standard InChI is InChI=1S/C21H21ClN4S/c1-14-23-13-17-18(10-11-26(2)21(17)24-14)25-19-12-15(22)8-9-20(19)27-16-6-4-3-5-7-16/h3-9,12-13,18,25H,10-11H2,1-2H3. The number of aryl methyl sites for hydroxylation is 1. The zero-order valence-electron chi connectivity index (χ0n) is 15.3. The van der Waals surface area contributed by atoms with E-state index in [2.05, 4.69) is 57.6 Å². The summed E-state index contributed by atoms with van der Waals surface area (Å²) in [7, 11) is 2.08. The lowest BCUT2D eigenvalue weighted by atomic mass is 10.0. The highest BCUT2D eigenvalue weighted by Crippen LogP contribution is 2.39. The molecule has 6 heteroatoms. The lowest BCUT2D eigenvalue weighted by Crippen LogP contribution is -2.31. The van der Waals surface area contributed by atoms with Crippen molar-refractivity contribution in [3.63, 3.8) is 0 Å². The first-order valence-corrected chi connectivity index (χ1v) is 10.1. The number of rotatable bonds is 4. The molecule has 0 bridgehead atoms. The van der Waals surface area contributed by atoms with Gasteiger partial charge in [0.05, 0.1) is 11.7 Å². The first kappa shape index (κ1) is 18.1. The lowest BCUT2D eigenvalue weighted by Gasteiger charge is -2.33. The van der Waals surface area contributed by atoms with E-state index in [9.17, 15) is 0 Å². The molecule has 0 saturated heterocycles. The predicted octanol–water partition coefficient (Wildman–Crippen LogP) is 5.58. The highest BCUT2D eigenvalue weighted by Gasteiger charge is 2.25. The molecule has 2 heterocycles. The van der Waals surface area contributed by atoms with Gasteiger partial charge in [-0.05, 0) is 43.7 Å². The number of benzene rings is 2. The second kappa shape index (κ2) is 7.79. The second-order valence-corrected chi connectivity index (χ2v) is 8.21. The molecule has 1 unspecified atom stereocenters. The van der Waals surface area contributed by atoms with Crippen LogP contribution in [-0.4, -0.2) is 23.6 Å². The minimum atomic E-state index is 0.158. The number of nitrogens with zero attached hydrogens (tertiary/aromatic N) is 3. The van der Waals surface area contributed by atoms with Crippen LogP contribution in [0.25, 0.3) is 0 Å². The van der Waals surface area contributed by atoms with Crippen LogP contribution in [0.4, 0.5) is 11.5 Å². The van der Waals surface area contributed by atoms with E-state index in [1.165, 1.54) is 4.90 Å².